The van der Waals surface area contributed by atoms with Crippen molar-refractivity contribution in [2.24, 2.45) is 0 Å². The molecule has 2 N–H and O–H groups in total. The summed E-state index contributed by atoms with van der Waals surface area (Å²) < 4.78 is 22.4. The van der Waals surface area contributed by atoms with Gasteiger partial charge < -0.3 is 29.2 Å². The Balaban J connectivity index is 1.65. The molecule has 0 aliphatic carbocycles. The molecule has 6 heteroatoms. The van der Waals surface area contributed by atoms with E-state index >= 15 is 0 Å². The maximum absolute atomic E-state index is 10.4. The monoisotopic (exact) mass is 300 g/mol. The van der Waals surface area contributed by atoms with E-state index in [4.69, 9.17) is 18.9 Å². The fraction of sp³-hybridized carbons (Fsp3) is 0.250. The zero-order valence-electron chi connectivity index (χ0n) is 11.4. The Bertz CT molecular complexity index is 800. The van der Waals surface area contributed by atoms with Gasteiger partial charge in [-0.3, -0.25) is 0 Å². The highest BCUT2D eigenvalue weighted by atomic mass is 16.7. The first kappa shape index (κ1) is 11.9. The van der Waals surface area contributed by atoms with Crippen molar-refractivity contribution >= 4 is 0 Å². The van der Waals surface area contributed by atoms with Gasteiger partial charge in [0.1, 0.15) is 17.6 Å². The van der Waals surface area contributed by atoms with Gasteiger partial charge in [0.05, 0.1) is 12.5 Å². The van der Waals surface area contributed by atoms with Gasteiger partial charge in [0, 0.05) is 17.2 Å². The van der Waals surface area contributed by atoms with E-state index in [9.17, 15) is 10.2 Å². The van der Waals surface area contributed by atoms with Gasteiger partial charge in [-0.05, 0) is 18.2 Å². The summed E-state index contributed by atoms with van der Waals surface area (Å²) in [4.78, 5) is 0. The molecule has 0 saturated carbocycles. The van der Waals surface area contributed by atoms with Crippen LogP contribution >= 0.6 is 0 Å². The third kappa shape index (κ3) is 1.39. The van der Waals surface area contributed by atoms with Crippen LogP contribution in [0.25, 0.3) is 0 Å². The van der Waals surface area contributed by atoms with E-state index in [1.165, 1.54) is 0 Å². The highest BCUT2D eigenvalue weighted by molar-refractivity contribution is 5.66. The van der Waals surface area contributed by atoms with E-state index in [0.717, 1.165) is 11.1 Å². The van der Waals surface area contributed by atoms with Crippen molar-refractivity contribution in [3.63, 3.8) is 0 Å². The molecule has 5 rings (SSSR count). The summed E-state index contributed by atoms with van der Waals surface area (Å²) in [5.41, 5.74) is 1.71. The number of phenols is 2. The molecule has 2 aromatic carbocycles. The second-order valence-electron chi connectivity index (χ2n) is 5.56. The summed E-state index contributed by atoms with van der Waals surface area (Å²) in [6, 6.07) is 6.80. The Hall–Kier alpha value is -2.76. The van der Waals surface area contributed by atoms with Crippen molar-refractivity contribution in [3.05, 3.63) is 35.4 Å². The molecule has 0 unspecified atom stereocenters. The summed E-state index contributed by atoms with van der Waals surface area (Å²) in [5.74, 6) is 1.96. The Morgan fingerprint density at radius 2 is 1.82 bits per heavy atom. The number of rotatable bonds is 0. The summed E-state index contributed by atoms with van der Waals surface area (Å²) in [6.07, 6.45) is -0.257. The SMILES string of the molecule is Oc1ccc2c(c1)OC[C@H]1c3cc4c(c(O)c3O[C@@H]21)OCO4. The van der Waals surface area contributed by atoms with E-state index in [0.29, 0.717) is 29.6 Å². The highest BCUT2D eigenvalue weighted by Gasteiger charge is 2.44. The van der Waals surface area contributed by atoms with Crippen LogP contribution in [-0.4, -0.2) is 23.6 Å². The number of benzene rings is 2. The van der Waals surface area contributed by atoms with E-state index in [1.807, 2.05) is 6.07 Å². The van der Waals surface area contributed by atoms with Gasteiger partial charge in [0.25, 0.3) is 0 Å². The minimum absolute atomic E-state index is 0.0280. The molecule has 0 radical (unpaired) electrons. The standard InChI is InChI=1S/C16H12O6/c17-7-1-2-8-11(3-7)19-5-10-9-4-12-16(21-6-20-12)13(18)15(9)22-14(8)10/h1-4,10,14,17-18H,5-6H2/t10-,14-/m0/s1. The first-order chi connectivity index (χ1) is 10.7. The first-order valence-electron chi connectivity index (χ1n) is 7.00. The minimum Gasteiger partial charge on any atom is -0.508 e. The Labute approximate surface area is 125 Å². The molecule has 0 aromatic heterocycles. The van der Waals surface area contributed by atoms with Gasteiger partial charge in [0.2, 0.25) is 18.3 Å². The lowest BCUT2D eigenvalue weighted by molar-refractivity contribution is 0.135. The van der Waals surface area contributed by atoms with Crippen LogP contribution in [0.4, 0.5) is 0 Å². The fourth-order valence-corrected chi connectivity index (χ4v) is 3.32. The lowest BCUT2D eigenvalue weighted by Gasteiger charge is -2.27. The minimum atomic E-state index is -0.257. The molecule has 2 aromatic rings. The van der Waals surface area contributed by atoms with Gasteiger partial charge in [-0.15, -0.1) is 0 Å². The van der Waals surface area contributed by atoms with Crippen LogP contribution in [-0.2, 0) is 0 Å². The second-order valence-corrected chi connectivity index (χ2v) is 5.56. The normalized spacial score (nSPS) is 23.1. The highest BCUT2D eigenvalue weighted by Crippen LogP contribution is 2.59. The smallest absolute Gasteiger partial charge is 0.231 e. The molecule has 0 spiro atoms. The average Bonchev–Trinajstić information content (AvgIpc) is 3.12. The predicted molar refractivity (Wildman–Crippen MR) is 73.9 cm³/mol. The molecule has 3 heterocycles. The predicted octanol–water partition coefficient (Wildman–Crippen LogP) is 2.44. The topological polar surface area (TPSA) is 77.4 Å². The zero-order valence-corrected chi connectivity index (χ0v) is 11.4. The van der Waals surface area contributed by atoms with Crippen LogP contribution in [0.15, 0.2) is 24.3 Å². The molecule has 6 nitrogen and oxygen atoms in total. The molecule has 0 fully saturated rings. The summed E-state index contributed by atoms with van der Waals surface area (Å²) in [6.45, 7) is 0.506. The van der Waals surface area contributed by atoms with Crippen molar-refractivity contribution in [3.8, 4) is 34.5 Å². The van der Waals surface area contributed by atoms with Gasteiger partial charge in [0.15, 0.2) is 11.5 Å². The van der Waals surface area contributed by atoms with E-state index in [-0.39, 0.29) is 30.3 Å². The second kappa shape index (κ2) is 3.91. The third-order valence-corrected chi connectivity index (χ3v) is 4.35. The first-order valence-corrected chi connectivity index (χ1v) is 7.00. The zero-order chi connectivity index (χ0) is 14.8. The lowest BCUT2D eigenvalue weighted by Crippen LogP contribution is -2.23. The lowest BCUT2D eigenvalue weighted by atomic mass is 9.89. The quantitative estimate of drug-likeness (QED) is 0.778. The molecule has 0 amide bonds. The number of hydrogen-bond acceptors (Lipinski definition) is 6. The van der Waals surface area contributed by atoms with Crippen LogP contribution in [0.2, 0.25) is 0 Å². The van der Waals surface area contributed by atoms with Crippen LogP contribution in [0.5, 0.6) is 34.5 Å². The number of aromatic hydroxyl groups is 2. The fourth-order valence-electron chi connectivity index (χ4n) is 3.32. The molecule has 112 valence electrons. The molecule has 2 atom stereocenters. The van der Waals surface area contributed by atoms with Crippen molar-refractivity contribution < 1.29 is 29.2 Å². The number of fused-ring (bicyclic) bond motifs is 6. The maximum Gasteiger partial charge on any atom is 0.231 e. The Morgan fingerprint density at radius 3 is 2.73 bits per heavy atom. The Kier molecular flexibility index (Phi) is 2.11. The summed E-state index contributed by atoms with van der Waals surface area (Å²) in [5, 5.41) is 19.9. The molecule has 22 heavy (non-hydrogen) atoms. The number of hydrogen-bond donors (Lipinski definition) is 2. The maximum atomic E-state index is 10.4. The van der Waals surface area contributed by atoms with E-state index < -0.39 is 0 Å². The van der Waals surface area contributed by atoms with Crippen molar-refractivity contribution in [1.82, 2.24) is 0 Å². The number of phenolic OH excluding ortho intramolecular Hbond substituents is 2. The van der Waals surface area contributed by atoms with Crippen molar-refractivity contribution in [1.29, 1.82) is 0 Å². The van der Waals surface area contributed by atoms with Crippen LogP contribution in [0, 0.1) is 0 Å². The van der Waals surface area contributed by atoms with Gasteiger partial charge >= 0.3 is 0 Å². The third-order valence-electron chi connectivity index (χ3n) is 4.35. The molecular formula is C16H12O6. The van der Waals surface area contributed by atoms with Crippen LogP contribution in [0.1, 0.15) is 23.1 Å². The van der Waals surface area contributed by atoms with Gasteiger partial charge in [-0.25, -0.2) is 0 Å². The van der Waals surface area contributed by atoms with Crippen LogP contribution < -0.4 is 18.9 Å². The Morgan fingerprint density at radius 1 is 0.909 bits per heavy atom. The van der Waals surface area contributed by atoms with Crippen molar-refractivity contribution in [2.45, 2.75) is 12.0 Å². The van der Waals surface area contributed by atoms with Crippen molar-refractivity contribution in [2.75, 3.05) is 13.4 Å². The van der Waals surface area contributed by atoms with E-state index in [2.05, 4.69) is 0 Å². The molecule has 0 bridgehead atoms. The molecular weight excluding hydrogens is 288 g/mol. The van der Waals surface area contributed by atoms with Gasteiger partial charge in [-0.2, -0.15) is 0 Å². The molecule has 3 aliphatic rings. The van der Waals surface area contributed by atoms with E-state index in [1.54, 1.807) is 18.2 Å². The number of ether oxygens (including phenoxy) is 4. The van der Waals surface area contributed by atoms with Gasteiger partial charge in [-0.1, -0.05) is 0 Å². The van der Waals surface area contributed by atoms with Crippen LogP contribution in [0.3, 0.4) is 0 Å². The average molecular weight is 300 g/mol. The molecule has 0 saturated heterocycles. The largest absolute Gasteiger partial charge is 0.508 e. The summed E-state index contributed by atoms with van der Waals surface area (Å²) in [7, 11) is 0. The summed E-state index contributed by atoms with van der Waals surface area (Å²) >= 11 is 0. The molecule has 3 aliphatic heterocycles.